The smallest absolute Gasteiger partial charge is 0.417 e. The van der Waals surface area contributed by atoms with Crippen LogP contribution in [0, 0.1) is 17.1 Å². The molecule has 0 radical (unpaired) electrons. The second-order valence-electron chi connectivity index (χ2n) is 6.38. The molecule has 0 spiro atoms. The van der Waals surface area contributed by atoms with Gasteiger partial charge in [-0.15, -0.1) is 0 Å². The fourth-order valence-electron chi connectivity index (χ4n) is 3.09. The molecule has 29 heavy (non-hydrogen) atoms. The number of halogens is 4. The lowest BCUT2D eigenvalue weighted by atomic mass is 9.91. The predicted molar refractivity (Wildman–Crippen MR) is 92.5 cm³/mol. The molecule has 1 atom stereocenters. The minimum absolute atomic E-state index is 0.177. The van der Waals surface area contributed by atoms with Gasteiger partial charge < -0.3 is 10.1 Å². The van der Waals surface area contributed by atoms with E-state index in [0.717, 1.165) is 18.2 Å². The third-order valence-electron chi connectivity index (χ3n) is 4.59. The van der Waals surface area contributed by atoms with Crippen molar-refractivity contribution in [3.63, 3.8) is 0 Å². The third-order valence-corrected chi connectivity index (χ3v) is 4.59. The number of hydrogen-bond donors (Lipinski definition) is 1. The lowest BCUT2D eigenvalue weighted by Crippen LogP contribution is -2.41. The summed E-state index contributed by atoms with van der Waals surface area (Å²) in [5.41, 5.74) is -4.36. The summed E-state index contributed by atoms with van der Waals surface area (Å²) in [5, 5.41) is 11.2. The summed E-state index contributed by atoms with van der Waals surface area (Å²) in [7, 11) is 1.32. The van der Waals surface area contributed by atoms with E-state index in [4.69, 9.17) is 10.00 Å². The molecule has 3 rings (SSSR count). The highest BCUT2D eigenvalue weighted by molar-refractivity contribution is 6.23. The molecule has 1 N–H and O–H groups in total. The molecule has 2 aromatic rings. The Hall–Kier alpha value is -3.61. The van der Waals surface area contributed by atoms with Crippen molar-refractivity contribution in [2.75, 3.05) is 12.0 Å². The Bertz CT molecular complexity index is 1060. The number of nitrogens with one attached hydrogen (secondary N) is 1. The van der Waals surface area contributed by atoms with E-state index in [9.17, 15) is 27.2 Å². The van der Waals surface area contributed by atoms with E-state index in [2.05, 4.69) is 5.32 Å². The van der Waals surface area contributed by atoms with E-state index < -0.39 is 46.3 Å². The molecule has 1 fully saturated rings. The molecule has 1 unspecified atom stereocenters. The number of nitrogens with zero attached hydrogens (tertiary/aromatic N) is 2. The first kappa shape index (κ1) is 20.1. The van der Waals surface area contributed by atoms with Crippen LogP contribution in [0.15, 0.2) is 36.4 Å². The molecule has 1 aliphatic rings. The van der Waals surface area contributed by atoms with Gasteiger partial charge in [0.05, 0.1) is 30.0 Å². The van der Waals surface area contributed by atoms with E-state index in [0.29, 0.717) is 11.0 Å². The zero-order valence-corrected chi connectivity index (χ0v) is 15.1. The van der Waals surface area contributed by atoms with Crippen LogP contribution in [-0.2, 0) is 16.5 Å². The molecule has 1 heterocycles. The van der Waals surface area contributed by atoms with E-state index in [1.54, 1.807) is 0 Å². The number of ether oxygens (including phenoxy) is 1. The number of carbonyl (C=O) groups excluding carboxylic acids is 2. The average Bonchev–Trinajstić information content (AvgIpc) is 2.89. The lowest BCUT2D eigenvalue weighted by molar-refractivity contribution is -0.137. The maximum atomic E-state index is 14.5. The van der Waals surface area contributed by atoms with E-state index in [1.165, 1.54) is 32.2 Å². The molecule has 0 aromatic heterocycles. The van der Waals surface area contributed by atoms with Crippen molar-refractivity contribution in [2.45, 2.75) is 18.6 Å². The molecule has 6 nitrogen and oxygen atoms in total. The molecule has 0 saturated carbocycles. The molecule has 0 bridgehead atoms. The van der Waals surface area contributed by atoms with Gasteiger partial charge in [0, 0.05) is 11.6 Å². The highest BCUT2D eigenvalue weighted by atomic mass is 19.4. The van der Waals surface area contributed by atoms with Crippen molar-refractivity contribution < 1.29 is 31.9 Å². The Morgan fingerprint density at radius 3 is 2.41 bits per heavy atom. The second kappa shape index (κ2) is 6.77. The lowest BCUT2D eigenvalue weighted by Gasteiger charge is -2.23. The number of alkyl halides is 3. The van der Waals surface area contributed by atoms with Gasteiger partial charge in [0.25, 0.3) is 5.91 Å². The molecule has 0 aliphatic carbocycles. The SMILES string of the molecule is COc1ccc(C2(C)NC(=O)N(c3ccc(C#N)c(C(F)(F)F)c3)C2=O)c(F)c1. The molecule has 1 saturated heterocycles. The third kappa shape index (κ3) is 3.24. The zero-order valence-electron chi connectivity index (χ0n) is 15.1. The highest BCUT2D eigenvalue weighted by Gasteiger charge is 2.51. The molecular formula is C19H13F4N3O3. The van der Waals surface area contributed by atoms with Gasteiger partial charge >= 0.3 is 12.2 Å². The van der Waals surface area contributed by atoms with Crippen LogP contribution in [-0.4, -0.2) is 19.0 Å². The second-order valence-corrected chi connectivity index (χ2v) is 6.38. The summed E-state index contributed by atoms with van der Waals surface area (Å²) >= 11 is 0. The molecule has 150 valence electrons. The number of carbonyl (C=O) groups is 2. The van der Waals surface area contributed by atoms with Crippen LogP contribution in [0.25, 0.3) is 0 Å². The first-order valence-electron chi connectivity index (χ1n) is 8.15. The van der Waals surface area contributed by atoms with E-state index in [1.807, 2.05) is 0 Å². The maximum absolute atomic E-state index is 14.5. The van der Waals surface area contributed by atoms with E-state index >= 15 is 0 Å². The minimum atomic E-state index is -4.87. The first-order chi connectivity index (χ1) is 13.5. The van der Waals surface area contributed by atoms with Crippen LogP contribution in [0.4, 0.5) is 28.0 Å². The number of methoxy groups -OCH3 is 1. The molecule has 2 aromatic carbocycles. The number of hydrogen-bond acceptors (Lipinski definition) is 4. The quantitative estimate of drug-likeness (QED) is 0.621. The number of amides is 3. The number of nitriles is 1. The van der Waals surface area contributed by atoms with Gasteiger partial charge in [0.2, 0.25) is 0 Å². The number of benzene rings is 2. The van der Waals surface area contributed by atoms with Crippen LogP contribution in [0.1, 0.15) is 23.6 Å². The van der Waals surface area contributed by atoms with Crippen LogP contribution < -0.4 is 15.0 Å². The fraction of sp³-hybridized carbons (Fsp3) is 0.211. The average molecular weight is 407 g/mol. The summed E-state index contributed by atoms with van der Waals surface area (Å²) in [6.07, 6.45) is -4.87. The zero-order chi connectivity index (χ0) is 21.6. The van der Waals surface area contributed by atoms with Gasteiger partial charge in [0.1, 0.15) is 17.1 Å². The van der Waals surface area contributed by atoms with Crippen molar-refractivity contribution in [3.8, 4) is 11.8 Å². The van der Waals surface area contributed by atoms with Gasteiger partial charge in [-0.3, -0.25) is 4.79 Å². The number of rotatable bonds is 3. The number of anilines is 1. The van der Waals surface area contributed by atoms with Gasteiger partial charge in [-0.25, -0.2) is 14.1 Å². The fourth-order valence-corrected chi connectivity index (χ4v) is 3.09. The van der Waals surface area contributed by atoms with Gasteiger partial charge in [0.15, 0.2) is 0 Å². The largest absolute Gasteiger partial charge is 0.497 e. The maximum Gasteiger partial charge on any atom is 0.417 e. The van der Waals surface area contributed by atoms with Gasteiger partial charge in [-0.1, -0.05) is 0 Å². The van der Waals surface area contributed by atoms with Crippen LogP contribution in [0.2, 0.25) is 0 Å². The minimum Gasteiger partial charge on any atom is -0.497 e. The normalized spacial score (nSPS) is 19.1. The Balaban J connectivity index is 2.07. The van der Waals surface area contributed by atoms with Gasteiger partial charge in [-0.05, 0) is 37.3 Å². The predicted octanol–water partition coefficient (Wildman–Crippen LogP) is 3.70. The van der Waals surface area contributed by atoms with Crippen molar-refractivity contribution in [1.29, 1.82) is 5.26 Å². The Labute approximate surface area is 162 Å². The Morgan fingerprint density at radius 2 is 1.86 bits per heavy atom. The topological polar surface area (TPSA) is 82.4 Å². The highest BCUT2D eigenvalue weighted by Crippen LogP contribution is 2.38. The molecule has 10 heteroatoms. The summed E-state index contributed by atoms with van der Waals surface area (Å²) in [4.78, 5) is 25.9. The number of imide groups is 1. The molecule has 1 aliphatic heterocycles. The van der Waals surface area contributed by atoms with E-state index in [-0.39, 0.29) is 11.3 Å². The van der Waals surface area contributed by atoms with Crippen molar-refractivity contribution in [3.05, 3.63) is 58.9 Å². The number of urea groups is 1. The summed E-state index contributed by atoms with van der Waals surface area (Å²) in [6.45, 7) is 1.24. The van der Waals surface area contributed by atoms with Crippen molar-refractivity contribution in [1.82, 2.24) is 5.32 Å². The molecule has 3 amide bonds. The first-order valence-corrected chi connectivity index (χ1v) is 8.15. The Morgan fingerprint density at radius 1 is 1.17 bits per heavy atom. The summed E-state index contributed by atoms with van der Waals surface area (Å²) < 4.78 is 59.1. The van der Waals surface area contributed by atoms with Crippen molar-refractivity contribution in [2.24, 2.45) is 0 Å². The molecular weight excluding hydrogens is 394 g/mol. The Kier molecular flexibility index (Phi) is 4.70. The van der Waals surface area contributed by atoms with Crippen LogP contribution in [0.5, 0.6) is 5.75 Å². The van der Waals surface area contributed by atoms with Crippen LogP contribution in [0.3, 0.4) is 0 Å². The van der Waals surface area contributed by atoms with Crippen LogP contribution >= 0.6 is 0 Å². The van der Waals surface area contributed by atoms with Crippen molar-refractivity contribution >= 4 is 17.6 Å². The van der Waals surface area contributed by atoms with Gasteiger partial charge in [-0.2, -0.15) is 18.4 Å². The summed E-state index contributed by atoms with van der Waals surface area (Å²) in [6, 6.07) is 6.48. The monoisotopic (exact) mass is 407 g/mol. The summed E-state index contributed by atoms with van der Waals surface area (Å²) in [5.74, 6) is -1.62. The standard InChI is InChI=1S/C19H13F4N3O3/c1-18(13-6-5-12(29-2)8-15(13)20)16(27)26(17(28)25-18)11-4-3-10(9-24)14(7-11)19(21,22)23/h3-8H,1-2H3,(H,25,28).